The number of nitrogens with zero attached hydrogens (tertiary/aromatic N) is 3. The Morgan fingerprint density at radius 1 is 0.949 bits per heavy atom. The largest absolute Gasteiger partial charge is 0.493 e. The highest BCUT2D eigenvalue weighted by Gasteiger charge is 2.29. The summed E-state index contributed by atoms with van der Waals surface area (Å²) >= 11 is 0.767. The Labute approximate surface area is 230 Å². The molecule has 0 saturated heterocycles. The molecule has 1 aliphatic heterocycles. The fourth-order valence-electron chi connectivity index (χ4n) is 4.79. The second-order valence-corrected chi connectivity index (χ2v) is 11.0. The van der Waals surface area contributed by atoms with E-state index in [0.29, 0.717) is 22.2 Å². The lowest BCUT2D eigenvalue weighted by atomic mass is 9.96. The molecule has 198 valence electrons. The zero-order chi connectivity index (χ0) is 27.7. The minimum atomic E-state index is -0.509. The lowest BCUT2D eigenvalue weighted by Crippen LogP contribution is -2.38. The number of hydrogen-bond acceptors (Lipinski definition) is 5. The third-order valence-electron chi connectivity index (χ3n) is 6.82. The summed E-state index contributed by atoms with van der Waals surface area (Å²) in [6.07, 6.45) is 0.959. The standard InChI is InChI=1S/C31H29N3O4S/c1-19(2)17-21-13-15-22(16-14-21)20(3)29(36)33(23-9-5-4-6-10-23)18-34-30(37)27(39-31(34)38)26-24-11-7-8-12-25(24)32-28(26)35/h4-16,19-20,37H,17-18H2,1-3H3. The van der Waals surface area contributed by atoms with E-state index < -0.39 is 16.7 Å². The highest BCUT2D eigenvalue weighted by Crippen LogP contribution is 2.30. The summed E-state index contributed by atoms with van der Waals surface area (Å²) in [5, 5.41) is 12.2. The van der Waals surface area contributed by atoms with Gasteiger partial charge >= 0.3 is 4.87 Å². The molecule has 1 atom stereocenters. The van der Waals surface area contributed by atoms with Crippen molar-refractivity contribution in [2.75, 3.05) is 4.90 Å². The van der Waals surface area contributed by atoms with Gasteiger partial charge in [0.2, 0.25) is 11.8 Å². The maximum atomic E-state index is 13.9. The molecule has 1 aliphatic rings. The second kappa shape index (κ2) is 10.8. The number of rotatable bonds is 8. The van der Waals surface area contributed by atoms with Gasteiger partial charge in [-0.1, -0.05) is 85.8 Å². The van der Waals surface area contributed by atoms with Crippen molar-refractivity contribution in [2.24, 2.45) is 10.9 Å². The predicted molar refractivity (Wildman–Crippen MR) is 152 cm³/mol. The Bertz CT molecular complexity index is 1720. The Morgan fingerprint density at radius 2 is 1.62 bits per heavy atom. The molecule has 0 bridgehead atoms. The Kier molecular flexibility index (Phi) is 7.30. The molecule has 3 aromatic carbocycles. The number of carbonyl (C=O) groups is 2. The number of amides is 2. The van der Waals surface area contributed by atoms with Crippen molar-refractivity contribution in [3.05, 3.63) is 115 Å². The molecule has 7 nitrogen and oxygen atoms in total. The van der Waals surface area contributed by atoms with E-state index >= 15 is 0 Å². The first-order chi connectivity index (χ1) is 18.7. The highest BCUT2D eigenvalue weighted by molar-refractivity contribution is 7.11. The van der Waals surface area contributed by atoms with Crippen LogP contribution >= 0.6 is 11.3 Å². The Balaban J connectivity index is 1.51. The van der Waals surface area contributed by atoms with Crippen molar-refractivity contribution >= 4 is 34.4 Å². The van der Waals surface area contributed by atoms with E-state index in [1.807, 2.05) is 49.4 Å². The summed E-state index contributed by atoms with van der Waals surface area (Å²) in [5.41, 5.74) is 2.86. The summed E-state index contributed by atoms with van der Waals surface area (Å²) in [7, 11) is 0. The number of anilines is 1. The number of carbonyl (C=O) groups excluding carboxylic acids is 2. The van der Waals surface area contributed by atoms with E-state index in [2.05, 4.69) is 18.8 Å². The second-order valence-electron chi connectivity index (χ2n) is 10.1. The third kappa shape index (κ3) is 5.20. The lowest BCUT2D eigenvalue weighted by molar-refractivity contribution is -0.120. The summed E-state index contributed by atoms with van der Waals surface area (Å²) < 4.78 is 1.13. The minimum absolute atomic E-state index is 0.146. The average molecular weight is 540 g/mol. The number of aromatic hydroxyl groups is 1. The van der Waals surface area contributed by atoms with E-state index in [0.717, 1.165) is 27.9 Å². The number of hydrogen-bond donors (Lipinski definition) is 1. The SMILES string of the molecule is CC(C)Cc1ccc(C(C)C(=O)N(Cn2c(O)c(C3=c4ccccc4=NC3=O)sc2=O)c2ccccc2)cc1. The fraction of sp³-hybridized carbons (Fsp3) is 0.226. The van der Waals surface area contributed by atoms with Gasteiger partial charge in [0, 0.05) is 10.9 Å². The van der Waals surface area contributed by atoms with E-state index in [1.165, 1.54) is 10.5 Å². The maximum Gasteiger partial charge on any atom is 0.312 e. The molecule has 1 N–H and O–H groups in total. The van der Waals surface area contributed by atoms with Gasteiger partial charge in [0.15, 0.2) is 0 Å². The van der Waals surface area contributed by atoms with Crippen molar-refractivity contribution in [3.8, 4) is 5.88 Å². The number of para-hydroxylation sites is 2. The van der Waals surface area contributed by atoms with Gasteiger partial charge in [-0.25, -0.2) is 4.99 Å². The first-order valence-corrected chi connectivity index (χ1v) is 13.7. The van der Waals surface area contributed by atoms with Crippen LogP contribution < -0.4 is 20.3 Å². The quantitative estimate of drug-likeness (QED) is 0.367. The van der Waals surface area contributed by atoms with Gasteiger partial charge in [0.05, 0.1) is 16.8 Å². The number of benzene rings is 3. The third-order valence-corrected chi connectivity index (χ3v) is 7.80. The van der Waals surface area contributed by atoms with Gasteiger partial charge in [-0.3, -0.25) is 23.9 Å². The van der Waals surface area contributed by atoms with Crippen molar-refractivity contribution < 1.29 is 14.7 Å². The summed E-state index contributed by atoms with van der Waals surface area (Å²) in [5.74, 6) is -1.05. The van der Waals surface area contributed by atoms with Crippen molar-refractivity contribution in [1.29, 1.82) is 0 Å². The van der Waals surface area contributed by atoms with Crippen LogP contribution in [0.3, 0.4) is 0 Å². The molecular weight excluding hydrogens is 510 g/mol. The zero-order valence-electron chi connectivity index (χ0n) is 22.0. The molecule has 39 heavy (non-hydrogen) atoms. The van der Waals surface area contributed by atoms with Gasteiger partial charge in [-0.15, -0.1) is 0 Å². The first kappa shape index (κ1) is 26.3. The molecule has 4 aromatic rings. The van der Waals surface area contributed by atoms with E-state index in [9.17, 15) is 19.5 Å². The monoisotopic (exact) mass is 539 g/mol. The number of fused-ring (bicyclic) bond motifs is 1. The van der Waals surface area contributed by atoms with Crippen LogP contribution in [0.1, 0.15) is 42.7 Å². The van der Waals surface area contributed by atoms with Crippen LogP contribution in [0.25, 0.3) is 5.57 Å². The molecule has 0 saturated carbocycles. The van der Waals surface area contributed by atoms with Gasteiger partial charge in [-0.05, 0) is 48.6 Å². The van der Waals surface area contributed by atoms with Crippen LogP contribution in [0.2, 0.25) is 0 Å². The smallest absolute Gasteiger partial charge is 0.312 e. The predicted octanol–water partition coefficient (Wildman–Crippen LogP) is 3.97. The molecule has 0 spiro atoms. The summed E-state index contributed by atoms with van der Waals surface area (Å²) in [4.78, 5) is 44.9. The van der Waals surface area contributed by atoms with Crippen LogP contribution in [0.15, 0.2) is 88.6 Å². The zero-order valence-corrected chi connectivity index (χ0v) is 22.8. The Hall–Kier alpha value is -4.30. The Morgan fingerprint density at radius 3 is 2.31 bits per heavy atom. The summed E-state index contributed by atoms with van der Waals surface area (Å²) in [6, 6.07) is 24.1. The molecule has 0 fully saturated rings. The number of thiazole rings is 1. The van der Waals surface area contributed by atoms with Gasteiger partial charge in [-0.2, -0.15) is 0 Å². The van der Waals surface area contributed by atoms with Crippen molar-refractivity contribution in [2.45, 2.75) is 39.8 Å². The molecular formula is C31H29N3O4S. The van der Waals surface area contributed by atoms with E-state index in [4.69, 9.17) is 0 Å². The van der Waals surface area contributed by atoms with Crippen LogP contribution in [-0.4, -0.2) is 21.5 Å². The highest BCUT2D eigenvalue weighted by atomic mass is 32.1. The number of aromatic nitrogens is 1. The normalized spacial score (nSPS) is 13.3. The van der Waals surface area contributed by atoms with Crippen LogP contribution in [0.4, 0.5) is 5.69 Å². The van der Waals surface area contributed by atoms with Gasteiger partial charge in [0.1, 0.15) is 11.5 Å². The maximum absolute atomic E-state index is 13.9. The van der Waals surface area contributed by atoms with Crippen molar-refractivity contribution in [3.63, 3.8) is 0 Å². The van der Waals surface area contributed by atoms with Gasteiger partial charge < -0.3 is 5.11 Å². The molecule has 0 aliphatic carbocycles. The van der Waals surface area contributed by atoms with Gasteiger partial charge in [0.25, 0.3) is 5.91 Å². The minimum Gasteiger partial charge on any atom is -0.493 e. The van der Waals surface area contributed by atoms with Crippen molar-refractivity contribution in [1.82, 2.24) is 4.57 Å². The van der Waals surface area contributed by atoms with Crippen LogP contribution in [-0.2, 0) is 22.7 Å². The van der Waals surface area contributed by atoms with E-state index in [1.54, 1.807) is 36.4 Å². The first-order valence-electron chi connectivity index (χ1n) is 12.8. The molecule has 2 heterocycles. The van der Waals surface area contributed by atoms with Crippen LogP contribution in [0.5, 0.6) is 5.88 Å². The van der Waals surface area contributed by atoms with E-state index in [-0.39, 0.29) is 28.9 Å². The lowest BCUT2D eigenvalue weighted by Gasteiger charge is -2.26. The molecule has 1 unspecified atom stereocenters. The average Bonchev–Trinajstić information content (AvgIpc) is 3.40. The van der Waals surface area contributed by atoms with Crippen LogP contribution in [0, 0.1) is 5.92 Å². The molecule has 0 radical (unpaired) electrons. The summed E-state index contributed by atoms with van der Waals surface area (Å²) in [6.45, 7) is 5.96. The molecule has 2 amide bonds. The fourth-order valence-corrected chi connectivity index (χ4v) is 5.72. The molecule has 8 heteroatoms. The molecule has 1 aromatic heterocycles. The molecule has 5 rings (SSSR count). The topological polar surface area (TPSA) is 92.0 Å².